The van der Waals surface area contributed by atoms with Gasteiger partial charge >= 0.3 is 5.97 Å². The molecule has 1 saturated heterocycles. The Morgan fingerprint density at radius 3 is 2.59 bits per heavy atom. The number of aromatic nitrogens is 1. The number of likely N-dealkylation sites (tertiary alicyclic amines) is 1. The van der Waals surface area contributed by atoms with Crippen LogP contribution in [0.1, 0.15) is 89.4 Å². The lowest BCUT2D eigenvalue weighted by Gasteiger charge is -2.39. The summed E-state index contributed by atoms with van der Waals surface area (Å²) in [5.41, 5.74) is 4.55. The van der Waals surface area contributed by atoms with Gasteiger partial charge in [-0.3, -0.25) is 9.69 Å². The zero-order valence-electron chi connectivity index (χ0n) is 26.6. The minimum absolute atomic E-state index is 0.146. The quantitative estimate of drug-likeness (QED) is 0.262. The predicted molar refractivity (Wildman–Crippen MR) is 172 cm³/mol. The summed E-state index contributed by atoms with van der Waals surface area (Å²) < 4.78 is 27.0. The standard InChI is InChI=1S/C37H47FN2O4/c1-6-34-27(11-8-12-30(26-13-14-26)25(4)37(41)42)16-18-35(44-34)28-15-17-31(32-20-36(43-5)39-21-33(32)38)29(19-28)22-40-23(2)9-7-10-24(40)3/h6,8,11,15,17,19-21,23-26,30,35H,1,7,9-10,12-14,16,18,22H2,2-5H3,(H,41,42)/b11-8-/t23-,24-,25+,30+,35?/m1/s1. The molecule has 1 N–H and O–H groups in total. The van der Waals surface area contributed by atoms with Gasteiger partial charge in [-0.25, -0.2) is 9.37 Å². The van der Waals surface area contributed by atoms with Crippen molar-refractivity contribution in [1.29, 1.82) is 0 Å². The second kappa shape index (κ2) is 14.1. The van der Waals surface area contributed by atoms with Crippen molar-refractivity contribution < 1.29 is 23.8 Å². The van der Waals surface area contributed by atoms with Gasteiger partial charge in [-0.2, -0.15) is 0 Å². The number of halogens is 1. The fourth-order valence-corrected chi connectivity index (χ4v) is 7.08. The summed E-state index contributed by atoms with van der Waals surface area (Å²) in [6, 6.07) is 8.82. The van der Waals surface area contributed by atoms with E-state index >= 15 is 4.39 Å². The van der Waals surface area contributed by atoms with Crippen molar-refractivity contribution in [1.82, 2.24) is 9.88 Å². The number of benzene rings is 1. The number of carbonyl (C=O) groups is 1. The van der Waals surface area contributed by atoms with Crippen LogP contribution in [0.5, 0.6) is 5.88 Å². The van der Waals surface area contributed by atoms with E-state index < -0.39 is 5.97 Å². The molecule has 0 bridgehead atoms. The molecule has 3 heterocycles. The maximum Gasteiger partial charge on any atom is 0.306 e. The summed E-state index contributed by atoms with van der Waals surface area (Å²) in [6.45, 7) is 11.1. The molecule has 2 aliphatic heterocycles. The Bertz CT molecular complexity index is 1400. The highest BCUT2D eigenvalue weighted by Crippen LogP contribution is 2.43. The first kappa shape index (κ1) is 32.0. The lowest BCUT2D eigenvalue weighted by atomic mass is 9.86. The Morgan fingerprint density at radius 2 is 1.93 bits per heavy atom. The first-order valence-corrected chi connectivity index (χ1v) is 16.2. The number of nitrogens with zero attached hydrogens (tertiary/aromatic N) is 2. The molecule has 1 aromatic heterocycles. The largest absolute Gasteiger partial charge is 0.485 e. The molecule has 1 saturated carbocycles. The number of carboxylic acids is 1. The van der Waals surface area contributed by atoms with Crippen LogP contribution in [0.15, 0.2) is 66.6 Å². The third-order valence-electron chi connectivity index (χ3n) is 9.99. The van der Waals surface area contributed by atoms with E-state index in [-0.39, 0.29) is 23.8 Å². The van der Waals surface area contributed by atoms with Crippen molar-refractivity contribution in [3.8, 4) is 17.0 Å². The highest BCUT2D eigenvalue weighted by Gasteiger charge is 2.36. The predicted octanol–water partition coefficient (Wildman–Crippen LogP) is 8.64. The molecule has 5 rings (SSSR count). The van der Waals surface area contributed by atoms with Gasteiger partial charge in [0.15, 0.2) is 0 Å². The van der Waals surface area contributed by atoms with E-state index in [1.807, 2.05) is 19.1 Å². The summed E-state index contributed by atoms with van der Waals surface area (Å²) in [6.07, 6.45) is 15.3. The number of aliphatic carboxylic acids is 1. The highest BCUT2D eigenvalue weighted by molar-refractivity contribution is 5.70. The van der Waals surface area contributed by atoms with Crippen molar-refractivity contribution >= 4 is 5.97 Å². The smallest absolute Gasteiger partial charge is 0.306 e. The van der Waals surface area contributed by atoms with Crippen molar-refractivity contribution in [3.63, 3.8) is 0 Å². The van der Waals surface area contributed by atoms with Gasteiger partial charge in [-0.1, -0.05) is 50.3 Å². The van der Waals surface area contributed by atoms with Crippen molar-refractivity contribution in [2.24, 2.45) is 17.8 Å². The van der Waals surface area contributed by atoms with Crippen LogP contribution < -0.4 is 4.74 Å². The first-order valence-electron chi connectivity index (χ1n) is 16.2. The molecule has 44 heavy (non-hydrogen) atoms. The van der Waals surface area contributed by atoms with E-state index in [1.54, 1.807) is 19.3 Å². The number of ether oxygens (including phenoxy) is 2. The summed E-state index contributed by atoms with van der Waals surface area (Å²) in [5, 5.41) is 9.55. The number of piperidine rings is 1. The molecular weight excluding hydrogens is 555 g/mol. The van der Waals surface area contributed by atoms with E-state index in [1.165, 1.54) is 12.6 Å². The maximum atomic E-state index is 15.2. The average molecular weight is 603 g/mol. The lowest BCUT2D eigenvalue weighted by molar-refractivity contribution is -0.143. The number of allylic oxidation sites excluding steroid dienone is 4. The fraction of sp³-hybridized carbons (Fsp3) is 0.514. The molecule has 7 heteroatoms. The summed E-state index contributed by atoms with van der Waals surface area (Å²) in [5.74, 6) is 0.395. The number of pyridine rings is 1. The summed E-state index contributed by atoms with van der Waals surface area (Å²) in [7, 11) is 1.54. The molecule has 1 unspecified atom stereocenters. The number of carboxylic acid groups (broad SMARTS) is 1. The zero-order chi connectivity index (χ0) is 31.4. The van der Waals surface area contributed by atoms with Gasteiger partial charge < -0.3 is 14.6 Å². The van der Waals surface area contributed by atoms with E-state index in [0.717, 1.165) is 79.5 Å². The van der Waals surface area contributed by atoms with Crippen molar-refractivity contribution in [2.75, 3.05) is 7.11 Å². The molecule has 0 spiro atoms. The van der Waals surface area contributed by atoms with Crippen LogP contribution in [0, 0.1) is 23.6 Å². The van der Waals surface area contributed by atoms with Crippen LogP contribution in [-0.2, 0) is 16.1 Å². The molecule has 0 radical (unpaired) electrons. The van der Waals surface area contributed by atoms with E-state index in [2.05, 4.69) is 48.5 Å². The topological polar surface area (TPSA) is 71.9 Å². The summed E-state index contributed by atoms with van der Waals surface area (Å²) >= 11 is 0. The van der Waals surface area contributed by atoms with Gasteiger partial charge in [0, 0.05) is 30.3 Å². The molecule has 1 aromatic carbocycles. The Hall–Kier alpha value is -3.45. The van der Waals surface area contributed by atoms with Crippen molar-refractivity contribution in [3.05, 3.63) is 83.5 Å². The summed E-state index contributed by atoms with van der Waals surface area (Å²) in [4.78, 5) is 18.2. The average Bonchev–Trinajstić information content (AvgIpc) is 3.86. The molecule has 6 nitrogen and oxygen atoms in total. The van der Waals surface area contributed by atoms with Gasteiger partial charge in [-0.15, -0.1) is 0 Å². The number of rotatable bonds is 12. The van der Waals surface area contributed by atoms with Crippen molar-refractivity contribution in [2.45, 2.75) is 96.9 Å². The molecule has 0 amide bonds. The Morgan fingerprint density at radius 1 is 1.18 bits per heavy atom. The molecule has 1 aliphatic carbocycles. The second-order valence-electron chi connectivity index (χ2n) is 12.9. The fourth-order valence-electron chi connectivity index (χ4n) is 7.08. The van der Waals surface area contributed by atoms with Crippen LogP contribution >= 0.6 is 0 Å². The third-order valence-corrected chi connectivity index (χ3v) is 9.99. The molecular formula is C37H47FN2O4. The molecule has 236 valence electrons. The normalized spacial score (nSPS) is 24.2. The molecule has 2 aromatic rings. The Labute approximate surface area is 261 Å². The number of hydrogen-bond donors (Lipinski definition) is 1. The van der Waals surface area contributed by atoms with E-state index in [9.17, 15) is 9.90 Å². The van der Waals surface area contributed by atoms with Gasteiger partial charge in [0.1, 0.15) is 17.7 Å². The minimum atomic E-state index is -0.717. The Balaban J connectivity index is 1.40. The minimum Gasteiger partial charge on any atom is -0.485 e. The Kier molecular flexibility index (Phi) is 10.2. The monoisotopic (exact) mass is 602 g/mol. The van der Waals surface area contributed by atoms with Crippen LogP contribution in [-0.4, -0.2) is 40.2 Å². The van der Waals surface area contributed by atoms with E-state index in [0.29, 0.717) is 29.4 Å². The van der Waals surface area contributed by atoms with Gasteiger partial charge in [-0.05, 0) is 99.0 Å². The van der Waals surface area contributed by atoms with Crippen LogP contribution in [0.3, 0.4) is 0 Å². The zero-order valence-corrected chi connectivity index (χ0v) is 26.6. The van der Waals surface area contributed by atoms with Gasteiger partial charge in [0.25, 0.3) is 0 Å². The third kappa shape index (κ3) is 7.26. The molecule has 2 fully saturated rings. The first-order chi connectivity index (χ1) is 21.2. The molecule has 3 aliphatic rings. The van der Waals surface area contributed by atoms with Crippen LogP contribution in [0.2, 0.25) is 0 Å². The SMILES string of the molecule is C=CC1=C(/C=C\C[C@H](C2CC2)[C@H](C)C(=O)O)CCC(c2ccc(-c3cc(OC)ncc3F)c(CN3[C@H](C)CCC[C@H]3C)c2)O1. The lowest BCUT2D eigenvalue weighted by Crippen LogP contribution is -2.43. The molecule has 5 atom stereocenters. The van der Waals surface area contributed by atoms with Crippen LogP contribution in [0.25, 0.3) is 11.1 Å². The van der Waals surface area contributed by atoms with Gasteiger partial charge in [0.05, 0.1) is 19.2 Å². The maximum absolute atomic E-state index is 15.2. The van der Waals surface area contributed by atoms with Gasteiger partial charge in [0.2, 0.25) is 5.88 Å². The highest BCUT2D eigenvalue weighted by atomic mass is 19.1. The number of methoxy groups -OCH3 is 1. The van der Waals surface area contributed by atoms with Crippen LogP contribution in [0.4, 0.5) is 4.39 Å². The number of hydrogen-bond acceptors (Lipinski definition) is 5. The van der Waals surface area contributed by atoms with E-state index in [4.69, 9.17) is 9.47 Å². The second-order valence-corrected chi connectivity index (χ2v) is 12.9.